The topological polar surface area (TPSA) is 153 Å². The molecule has 11 heteroatoms. The average Bonchev–Trinajstić information content (AvgIpc) is 3.49. The van der Waals surface area contributed by atoms with E-state index < -0.39 is 16.7 Å². The summed E-state index contributed by atoms with van der Waals surface area (Å²) in [5, 5.41) is 26.9. The first-order valence-electron chi connectivity index (χ1n) is 12.1. The summed E-state index contributed by atoms with van der Waals surface area (Å²) < 4.78 is 6.98. The smallest absolute Gasteiger partial charge is 0.298 e. The Morgan fingerprint density at radius 3 is 2.58 bits per heavy atom. The van der Waals surface area contributed by atoms with E-state index in [-0.39, 0.29) is 28.7 Å². The molecule has 5 aromatic rings. The van der Waals surface area contributed by atoms with Crippen LogP contribution in [0.4, 0.5) is 5.69 Å². The van der Waals surface area contributed by atoms with Crippen LogP contribution in [0.2, 0.25) is 5.02 Å². The van der Waals surface area contributed by atoms with Gasteiger partial charge in [-0.1, -0.05) is 54.1 Å². The number of nitro groups is 1. The number of benzene rings is 3. The number of non-ortho nitro benzene ring substituents is 1. The van der Waals surface area contributed by atoms with Crippen molar-refractivity contribution in [3.05, 3.63) is 122 Å². The van der Waals surface area contributed by atoms with Crippen LogP contribution in [-0.2, 0) is 0 Å². The first-order valence-corrected chi connectivity index (χ1v) is 12.5. The van der Waals surface area contributed by atoms with Crippen LogP contribution in [0.1, 0.15) is 33.2 Å². The second kappa shape index (κ2) is 9.41. The number of hydrogen-bond acceptors (Lipinski definition) is 7. The first-order chi connectivity index (χ1) is 19.3. The minimum absolute atomic E-state index is 0.0676. The third-order valence-corrected chi connectivity index (χ3v) is 7.13. The van der Waals surface area contributed by atoms with Crippen LogP contribution < -0.4 is 10.5 Å². The Bertz CT molecular complexity index is 1920. The van der Waals surface area contributed by atoms with Crippen LogP contribution in [0.15, 0.2) is 84.3 Å². The third-order valence-electron chi connectivity index (χ3n) is 6.90. The molecule has 0 saturated carbocycles. The molecule has 6 rings (SSSR count). The van der Waals surface area contributed by atoms with Crippen LogP contribution >= 0.6 is 11.6 Å². The summed E-state index contributed by atoms with van der Waals surface area (Å²) in [6.45, 7) is 1.70. The number of aryl methyl sites for hydroxylation is 1. The fourth-order valence-corrected chi connectivity index (χ4v) is 5.28. The second-order valence-electron chi connectivity index (χ2n) is 9.23. The van der Waals surface area contributed by atoms with Crippen molar-refractivity contribution in [1.82, 2.24) is 14.8 Å². The van der Waals surface area contributed by atoms with Crippen molar-refractivity contribution in [2.45, 2.75) is 12.8 Å². The van der Waals surface area contributed by atoms with Crippen LogP contribution in [0.5, 0.6) is 5.88 Å². The number of aromatic amines is 1. The normalized spacial score (nSPS) is 14.5. The zero-order valence-corrected chi connectivity index (χ0v) is 21.6. The van der Waals surface area contributed by atoms with E-state index in [1.807, 2.05) is 30.3 Å². The molecular weight excluding hydrogens is 532 g/mol. The van der Waals surface area contributed by atoms with Crippen molar-refractivity contribution in [3.63, 3.8) is 0 Å². The number of H-pyrrole nitrogens is 1. The lowest BCUT2D eigenvalue weighted by Crippen LogP contribution is -2.24. The lowest BCUT2D eigenvalue weighted by atomic mass is 9.84. The van der Waals surface area contributed by atoms with Gasteiger partial charge in [0, 0.05) is 33.6 Å². The number of nitrogens with one attached hydrogen (secondary N) is 1. The van der Waals surface area contributed by atoms with Crippen molar-refractivity contribution in [2.75, 3.05) is 0 Å². The van der Waals surface area contributed by atoms with Gasteiger partial charge in [-0.15, -0.1) is 0 Å². The van der Waals surface area contributed by atoms with Gasteiger partial charge in [-0.05, 0) is 36.2 Å². The monoisotopic (exact) mass is 550 g/mol. The fourth-order valence-electron chi connectivity index (χ4n) is 5.11. The summed E-state index contributed by atoms with van der Waals surface area (Å²) in [5.41, 5.74) is 10.1. The van der Waals surface area contributed by atoms with Crippen molar-refractivity contribution >= 4 is 34.1 Å². The molecular formula is C29H19ClN6O4. The molecule has 3 aromatic carbocycles. The highest BCUT2D eigenvalue weighted by atomic mass is 35.5. The first kappa shape index (κ1) is 24.9. The van der Waals surface area contributed by atoms with Crippen molar-refractivity contribution < 1.29 is 14.5 Å². The number of fused-ring (bicyclic) bond motifs is 2. The quantitative estimate of drug-likeness (QED) is 0.211. The second-order valence-corrected chi connectivity index (χ2v) is 9.66. The summed E-state index contributed by atoms with van der Waals surface area (Å²) in [4.78, 5) is 28.0. The van der Waals surface area contributed by atoms with Gasteiger partial charge in [0.1, 0.15) is 17.3 Å². The lowest BCUT2D eigenvalue weighted by molar-refractivity contribution is -0.384. The molecule has 0 spiro atoms. The fraction of sp³-hybridized carbons (Fsp3) is 0.0690. The van der Waals surface area contributed by atoms with Gasteiger partial charge in [-0.3, -0.25) is 14.9 Å². The maximum atomic E-state index is 14.2. The summed E-state index contributed by atoms with van der Waals surface area (Å²) in [6, 6.07) is 22.6. The molecule has 1 aliphatic heterocycles. The number of halogens is 1. The highest BCUT2D eigenvalue weighted by molar-refractivity contribution is 6.31. The molecule has 3 N–H and O–H groups in total. The lowest BCUT2D eigenvalue weighted by Gasteiger charge is -2.24. The van der Waals surface area contributed by atoms with Crippen LogP contribution in [-0.4, -0.2) is 25.6 Å². The van der Waals surface area contributed by atoms with Crippen molar-refractivity contribution in [1.29, 1.82) is 5.26 Å². The Hall–Kier alpha value is -5.40. The number of carbonyl (C=O) groups excluding carboxylic acids is 1. The molecule has 2 aromatic heterocycles. The summed E-state index contributed by atoms with van der Waals surface area (Å²) in [7, 11) is 0. The molecule has 0 saturated heterocycles. The van der Waals surface area contributed by atoms with Gasteiger partial charge >= 0.3 is 0 Å². The molecule has 1 aliphatic rings. The standard InChI is InChI=1S/C29H19ClN6O4/c1-15-23-24(17-7-10-19(11-8-17)36(38)39)21(14-31)27(32)40-29(23)35(34-15)28(37)26-25(16-5-3-2-4-6-16)20-13-18(30)9-12-22(20)33-26/h2-13,24,33H,32H2,1H3. The number of ether oxygens (including phenoxy) is 1. The zero-order chi connectivity index (χ0) is 28.1. The molecule has 0 amide bonds. The summed E-state index contributed by atoms with van der Waals surface area (Å²) >= 11 is 6.31. The Labute approximate surface area is 232 Å². The highest BCUT2D eigenvalue weighted by Gasteiger charge is 2.38. The minimum atomic E-state index is -0.744. The van der Waals surface area contributed by atoms with Crippen LogP contribution in [0, 0.1) is 28.4 Å². The van der Waals surface area contributed by atoms with Crippen LogP contribution in [0.25, 0.3) is 22.0 Å². The summed E-state index contributed by atoms with van der Waals surface area (Å²) in [5.74, 6) is -1.37. The van der Waals surface area contributed by atoms with E-state index in [0.29, 0.717) is 32.9 Å². The highest BCUT2D eigenvalue weighted by Crippen LogP contribution is 2.45. The Kier molecular flexibility index (Phi) is 5.86. The van der Waals surface area contributed by atoms with Gasteiger partial charge in [-0.25, -0.2) is 0 Å². The van der Waals surface area contributed by atoms with E-state index in [9.17, 15) is 20.2 Å². The van der Waals surface area contributed by atoms with E-state index in [4.69, 9.17) is 22.1 Å². The number of nitriles is 1. The minimum Gasteiger partial charge on any atom is -0.422 e. The molecule has 3 heterocycles. The van der Waals surface area contributed by atoms with E-state index in [1.165, 1.54) is 12.1 Å². The van der Waals surface area contributed by atoms with Gasteiger partial charge in [0.25, 0.3) is 11.6 Å². The molecule has 0 fully saturated rings. The number of carbonyl (C=O) groups is 1. The van der Waals surface area contributed by atoms with E-state index in [0.717, 1.165) is 15.6 Å². The molecule has 10 nitrogen and oxygen atoms in total. The molecule has 0 bridgehead atoms. The Morgan fingerprint density at radius 1 is 1.18 bits per heavy atom. The predicted molar refractivity (Wildman–Crippen MR) is 148 cm³/mol. The molecule has 0 aliphatic carbocycles. The largest absolute Gasteiger partial charge is 0.422 e. The number of aromatic nitrogens is 3. The number of nitrogens with zero attached hydrogens (tertiary/aromatic N) is 4. The van der Waals surface area contributed by atoms with E-state index in [1.54, 1.807) is 37.3 Å². The Balaban J connectivity index is 1.54. The van der Waals surface area contributed by atoms with E-state index in [2.05, 4.69) is 16.2 Å². The molecule has 1 unspecified atom stereocenters. The average molecular weight is 551 g/mol. The van der Waals surface area contributed by atoms with Crippen molar-refractivity contribution in [3.8, 4) is 23.1 Å². The molecule has 1 atom stereocenters. The zero-order valence-electron chi connectivity index (χ0n) is 20.9. The maximum Gasteiger partial charge on any atom is 0.298 e. The van der Waals surface area contributed by atoms with Gasteiger partial charge < -0.3 is 15.5 Å². The van der Waals surface area contributed by atoms with E-state index >= 15 is 0 Å². The van der Waals surface area contributed by atoms with Gasteiger partial charge in [0.15, 0.2) is 0 Å². The number of rotatable bonds is 4. The Morgan fingerprint density at radius 2 is 1.90 bits per heavy atom. The number of nitro benzene ring substituents is 1. The predicted octanol–water partition coefficient (Wildman–Crippen LogP) is 5.81. The van der Waals surface area contributed by atoms with Crippen LogP contribution in [0.3, 0.4) is 0 Å². The molecule has 40 heavy (non-hydrogen) atoms. The summed E-state index contributed by atoms with van der Waals surface area (Å²) in [6.07, 6.45) is 0. The molecule has 196 valence electrons. The van der Waals surface area contributed by atoms with Crippen molar-refractivity contribution in [2.24, 2.45) is 5.73 Å². The van der Waals surface area contributed by atoms with Gasteiger partial charge in [0.2, 0.25) is 11.8 Å². The SMILES string of the molecule is Cc1nn(C(=O)c2[nH]c3ccc(Cl)cc3c2-c2ccccc2)c2c1C(c1ccc([N+](=O)[O-])cc1)C(C#N)=C(N)O2. The number of allylic oxidation sites excluding steroid dienone is 1. The molecule has 0 radical (unpaired) electrons. The maximum absolute atomic E-state index is 14.2. The van der Waals surface area contributed by atoms with Gasteiger partial charge in [0.05, 0.1) is 22.1 Å². The van der Waals surface area contributed by atoms with Gasteiger partial charge in [-0.2, -0.15) is 15.0 Å². The number of hydrogen-bond donors (Lipinski definition) is 2. The third kappa shape index (κ3) is 3.88. The number of nitrogens with two attached hydrogens (primary N) is 1.